The molecular weight excluding hydrogens is 510 g/mol. The summed E-state index contributed by atoms with van der Waals surface area (Å²) >= 11 is 6.94. The van der Waals surface area contributed by atoms with E-state index in [1.807, 2.05) is 84.5 Å². The molecule has 1 amide bonds. The van der Waals surface area contributed by atoms with Gasteiger partial charge in [0, 0.05) is 23.9 Å². The van der Waals surface area contributed by atoms with Gasteiger partial charge in [-0.25, -0.2) is 4.68 Å². The van der Waals surface area contributed by atoms with E-state index in [0.717, 1.165) is 46.7 Å². The Kier molecular flexibility index (Phi) is 8.05. The summed E-state index contributed by atoms with van der Waals surface area (Å²) in [6, 6.07) is 26.2. The highest BCUT2D eigenvalue weighted by Gasteiger charge is 2.32. The quantitative estimate of drug-likeness (QED) is 0.168. The average molecular weight is 540 g/mol. The zero-order valence-corrected chi connectivity index (χ0v) is 23.1. The number of para-hydroxylation sites is 1. The molecule has 1 aromatic heterocycles. The van der Waals surface area contributed by atoms with Crippen LogP contribution in [0.15, 0.2) is 90.0 Å². The Labute approximate surface area is 233 Å². The Balaban J connectivity index is 1.47. The van der Waals surface area contributed by atoms with Crippen LogP contribution in [0.25, 0.3) is 23.0 Å². The minimum atomic E-state index is -0.0613. The van der Waals surface area contributed by atoms with Gasteiger partial charge in [-0.15, -0.1) is 0 Å². The highest BCUT2D eigenvalue weighted by molar-refractivity contribution is 8.26. The second kappa shape index (κ2) is 11.8. The van der Waals surface area contributed by atoms with E-state index >= 15 is 0 Å². The fourth-order valence-corrected chi connectivity index (χ4v) is 5.62. The lowest BCUT2D eigenvalue weighted by molar-refractivity contribution is -0.122. The first-order valence-electron chi connectivity index (χ1n) is 12.7. The molecule has 0 bridgehead atoms. The Morgan fingerprint density at radius 3 is 2.47 bits per heavy atom. The van der Waals surface area contributed by atoms with Crippen molar-refractivity contribution >= 4 is 40.3 Å². The second-order valence-corrected chi connectivity index (χ2v) is 10.8. The topological polar surface area (TPSA) is 47.4 Å². The summed E-state index contributed by atoms with van der Waals surface area (Å²) in [7, 11) is 0. The maximum absolute atomic E-state index is 13.4. The lowest BCUT2D eigenvalue weighted by atomic mass is 10.0. The van der Waals surface area contributed by atoms with Gasteiger partial charge in [-0.1, -0.05) is 79.4 Å². The number of thioether (sulfide) groups is 1. The second-order valence-electron chi connectivity index (χ2n) is 9.11. The van der Waals surface area contributed by atoms with Crippen molar-refractivity contribution < 1.29 is 9.53 Å². The third-order valence-corrected chi connectivity index (χ3v) is 7.68. The molecule has 1 aliphatic heterocycles. The van der Waals surface area contributed by atoms with Crippen LogP contribution in [0.4, 0.5) is 0 Å². The van der Waals surface area contributed by atoms with Gasteiger partial charge in [-0.2, -0.15) is 5.10 Å². The molecule has 38 heavy (non-hydrogen) atoms. The fourth-order valence-electron chi connectivity index (χ4n) is 4.32. The monoisotopic (exact) mass is 539 g/mol. The van der Waals surface area contributed by atoms with Crippen LogP contribution in [0.5, 0.6) is 5.75 Å². The lowest BCUT2D eigenvalue weighted by Gasteiger charge is -2.14. The Hall–Kier alpha value is -3.68. The molecule has 1 saturated heterocycles. The smallest absolute Gasteiger partial charge is 0.266 e. The van der Waals surface area contributed by atoms with Crippen LogP contribution in [0, 0.1) is 6.92 Å². The number of hydrogen-bond donors (Lipinski definition) is 0. The maximum atomic E-state index is 13.4. The summed E-state index contributed by atoms with van der Waals surface area (Å²) in [6.07, 6.45) is 5.60. The van der Waals surface area contributed by atoms with E-state index in [1.165, 1.54) is 17.3 Å². The van der Waals surface area contributed by atoms with Gasteiger partial charge >= 0.3 is 0 Å². The average Bonchev–Trinajstić information content (AvgIpc) is 3.48. The first-order valence-corrected chi connectivity index (χ1v) is 13.9. The number of ether oxygens (including phenoxy) is 1. The van der Waals surface area contributed by atoms with E-state index in [4.69, 9.17) is 22.1 Å². The number of rotatable bonds is 9. The molecule has 0 saturated carbocycles. The van der Waals surface area contributed by atoms with E-state index in [2.05, 4.69) is 25.1 Å². The van der Waals surface area contributed by atoms with Crippen molar-refractivity contribution in [3.63, 3.8) is 0 Å². The SMILES string of the molecule is CCCOc1ccc(-c2nn(-c3ccccc3)cc2/C=C2\SC(=S)N(CCc3ccccc3)C2=O)cc1C. The highest BCUT2D eigenvalue weighted by Crippen LogP contribution is 2.36. The third kappa shape index (κ3) is 5.74. The van der Waals surface area contributed by atoms with Gasteiger partial charge in [-0.3, -0.25) is 9.69 Å². The zero-order valence-electron chi connectivity index (χ0n) is 21.5. The molecule has 5 nitrogen and oxygen atoms in total. The van der Waals surface area contributed by atoms with E-state index in [0.29, 0.717) is 22.4 Å². The maximum Gasteiger partial charge on any atom is 0.266 e. The van der Waals surface area contributed by atoms with E-state index in [1.54, 1.807) is 4.90 Å². The molecular formula is C31H29N3O2S2. The molecule has 0 unspecified atom stereocenters. The number of amides is 1. The number of aryl methyl sites for hydroxylation is 1. The third-order valence-electron chi connectivity index (χ3n) is 6.30. The van der Waals surface area contributed by atoms with Crippen molar-refractivity contribution in [1.82, 2.24) is 14.7 Å². The van der Waals surface area contributed by atoms with Gasteiger partial charge in [0.1, 0.15) is 15.8 Å². The van der Waals surface area contributed by atoms with Crippen molar-refractivity contribution in [2.24, 2.45) is 0 Å². The number of carbonyl (C=O) groups is 1. The molecule has 3 aromatic carbocycles. The standard InChI is InChI=1S/C31H29N3O2S2/c1-3-18-36-27-15-14-24(19-22(27)2)29-25(21-34(32-29)26-12-8-5-9-13-26)20-28-30(35)33(31(37)38-28)17-16-23-10-6-4-7-11-23/h4-15,19-21H,3,16-18H2,1-2H3/b28-20-. The van der Waals surface area contributed by atoms with Gasteiger partial charge in [-0.05, 0) is 67.3 Å². The van der Waals surface area contributed by atoms with Gasteiger partial charge < -0.3 is 4.74 Å². The van der Waals surface area contributed by atoms with E-state index < -0.39 is 0 Å². The zero-order chi connectivity index (χ0) is 26.5. The molecule has 0 aliphatic carbocycles. The Bertz CT molecular complexity index is 1480. The summed E-state index contributed by atoms with van der Waals surface area (Å²) in [5.41, 5.74) is 5.80. The van der Waals surface area contributed by atoms with E-state index in [9.17, 15) is 4.79 Å². The van der Waals surface area contributed by atoms with Gasteiger partial charge in [0.15, 0.2) is 0 Å². The Morgan fingerprint density at radius 1 is 1.03 bits per heavy atom. The number of benzene rings is 3. The number of aromatic nitrogens is 2. The molecule has 0 radical (unpaired) electrons. The molecule has 2 heterocycles. The number of hydrogen-bond acceptors (Lipinski definition) is 5. The molecule has 1 fully saturated rings. The van der Waals surface area contributed by atoms with Crippen LogP contribution in [-0.4, -0.2) is 38.1 Å². The van der Waals surface area contributed by atoms with Crippen molar-refractivity contribution in [2.75, 3.05) is 13.2 Å². The van der Waals surface area contributed by atoms with Gasteiger partial charge in [0.2, 0.25) is 0 Å². The molecule has 4 aromatic rings. The molecule has 192 valence electrons. The van der Waals surface area contributed by atoms with Crippen LogP contribution in [0.3, 0.4) is 0 Å². The minimum Gasteiger partial charge on any atom is -0.493 e. The first kappa shape index (κ1) is 25.9. The fraction of sp³-hybridized carbons (Fsp3) is 0.194. The highest BCUT2D eigenvalue weighted by atomic mass is 32.2. The summed E-state index contributed by atoms with van der Waals surface area (Å²) in [5.74, 6) is 0.813. The minimum absolute atomic E-state index is 0.0613. The van der Waals surface area contributed by atoms with Crippen molar-refractivity contribution in [1.29, 1.82) is 0 Å². The molecule has 0 N–H and O–H groups in total. The Morgan fingerprint density at radius 2 is 1.76 bits per heavy atom. The molecule has 5 rings (SSSR count). The molecule has 1 aliphatic rings. The first-order chi connectivity index (χ1) is 18.5. The number of carbonyl (C=O) groups excluding carboxylic acids is 1. The largest absolute Gasteiger partial charge is 0.493 e. The predicted octanol–water partition coefficient (Wildman–Crippen LogP) is 7.08. The van der Waals surface area contributed by atoms with Crippen LogP contribution >= 0.6 is 24.0 Å². The molecule has 7 heteroatoms. The van der Waals surface area contributed by atoms with Crippen molar-refractivity contribution in [3.8, 4) is 22.7 Å². The summed E-state index contributed by atoms with van der Waals surface area (Å²) in [4.78, 5) is 15.7. The van der Waals surface area contributed by atoms with E-state index in [-0.39, 0.29) is 5.91 Å². The molecule has 0 atom stereocenters. The normalized spacial score (nSPS) is 14.5. The van der Waals surface area contributed by atoms with Crippen LogP contribution in [0.1, 0.15) is 30.0 Å². The summed E-state index contributed by atoms with van der Waals surface area (Å²) < 4.78 is 8.32. The lowest BCUT2D eigenvalue weighted by Crippen LogP contribution is -2.30. The van der Waals surface area contributed by atoms with Gasteiger partial charge in [0.25, 0.3) is 5.91 Å². The number of thiocarbonyl (C=S) groups is 1. The van der Waals surface area contributed by atoms with Crippen LogP contribution < -0.4 is 4.74 Å². The van der Waals surface area contributed by atoms with Crippen LogP contribution in [-0.2, 0) is 11.2 Å². The molecule has 0 spiro atoms. The van der Waals surface area contributed by atoms with Crippen LogP contribution in [0.2, 0.25) is 0 Å². The van der Waals surface area contributed by atoms with Crippen molar-refractivity contribution in [3.05, 3.63) is 107 Å². The number of nitrogens with zero attached hydrogens (tertiary/aromatic N) is 3. The summed E-state index contributed by atoms with van der Waals surface area (Å²) in [5, 5.41) is 4.93. The van der Waals surface area contributed by atoms with Gasteiger partial charge in [0.05, 0.1) is 17.2 Å². The summed E-state index contributed by atoms with van der Waals surface area (Å²) in [6.45, 7) is 5.37. The van der Waals surface area contributed by atoms with Crippen molar-refractivity contribution in [2.45, 2.75) is 26.7 Å². The predicted molar refractivity (Wildman–Crippen MR) is 160 cm³/mol.